The van der Waals surface area contributed by atoms with Crippen LogP contribution in [0.2, 0.25) is 0 Å². The van der Waals surface area contributed by atoms with Gasteiger partial charge in [-0.05, 0) is 47.7 Å². The minimum absolute atomic E-state index is 1.10. The zero-order valence-corrected chi connectivity index (χ0v) is 9.92. The third-order valence-electron chi connectivity index (χ3n) is 2.24. The van der Waals surface area contributed by atoms with Gasteiger partial charge >= 0.3 is 0 Å². The van der Waals surface area contributed by atoms with Gasteiger partial charge < -0.3 is 0 Å². The van der Waals surface area contributed by atoms with Crippen LogP contribution in [0.3, 0.4) is 0 Å². The molecule has 0 N–H and O–H groups in total. The van der Waals surface area contributed by atoms with Gasteiger partial charge in [-0.3, -0.25) is 0 Å². The molecule has 0 aliphatic heterocycles. The van der Waals surface area contributed by atoms with Crippen molar-refractivity contribution >= 4 is 11.8 Å². The highest BCUT2D eigenvalue weighted by atomic mass is 32.2. The first-order chi connectivity index (χ1) is 7.86. The third kappa shape index (κ3) is 2.92. The molecule has 0 amide bonds. The van der Waals surface area contributed by atoms with Gasteiger partial charge in [0.25, 0.3) is 0 Å². The van der Waals surface area contributed by atoms with Crippen molar-refractivity contribution in [3.05, 3.63) is 65.7 Å². The van der Waals surface area contributed by atoms with Crippen LogP contribution < -0.4 is 0 Å². The van der Waals surface area contributed by atoms with Crippen LogP contribution in [0, 0.1) is 18.1 Å². The summed E-state index contributed by atoms with van der Waals surface area (Å²) in [5.74, 6) is 3.17. The highest BCUT2D eigenvalue weighted by Crippen LogP contribution is 2.15. The lowest BCUT2D eigenvalue weighted by atomic mass is 10.1. The molecule has 0 saturated heterocycles. The maximum absolute atomic E-state index is 3.17. The Bertz CT molecular complexity index is 518. The summed E-state index contributed by atoms with van der Waals surface area (Å²) in [6.07, 6.45) is 0. The molecule has 0 radical (unpaired) electrons. The summed E-state index contributed by atoms with van der Waals surface area (Å²) in [6.45, 7) is 2.08. The monoisotopic (exact) mass is 224 g/mol. The quantitative estimate of drug-likeness (QED) is 0.519. The third-order valence-corrected chi connectivity index (χ3v) is 2.95. The first-order valence-electron chi connectivity index (χ1n) is 5.15. The Morgan fingerprint density at radius 3 is 2.31 bits per heavy atom. The summed E-state index contributed by atoms with van der Waals surface area (Å²) in [5.41, 5.74) is 2.33. The van der Waals surface area contributed by atoms with Crippen LogP contribution in [0.1, 0.15) is 11.1 Å². The van der Waals surface area contributed by atoms with E-state index in [1.807, 2.05) is 36.4 Å². The molecule has 0 fully saturated rings. The van der Waals surface area contributed by atoms with E-state index in [1.54, 1.807) is 11.8 Å². The molecule has 0 saturated carbocycles. The first-order valence-corrected chi connectivity index (χ1v) is 5.96. The van der Waals surface area contributed by atoms with Crippen LogP contribution in [0.25, 0.3) is 0 Å². The number of aryl methyl sites for hydroxylation is 1. The van der Waals surface area contributed by atoms with Crippen molar-refractivity contribution in [1.82, 2.24) is 0 Å². The standard InChI is InChI=1S/C15H12S/c1-13-7-5-6-8-14(13)11-12-16-15-9-3-2-4-10-15/h2-10H,1H3. The Morgan fingerprint density at radius 2 is 1.56 bits per heavy atom. The van der Waals surface area contributed by atoms with Crippen molar-refractivity contribution in [3.63, 3.8) is 0 Å². The van der Waals surface area contributed by atoms with Gasteiger partial charge in [0.05, 0.1) is 0 Å². The van der Waals surface area contributed by atoms with E-state index >= 15 is 0 Å². The molecule has 0 nitrogen and oxygen atoms in total. The zero-order valence-electron chi connectivity index (χ0n) is 9.10. The lowest BCUT2D eigenvalue weighted by Gasteiger charge is -1.95. The van der Waals surface area contributed by atoms with Gasteiger partial charge in [-0.2, -0.15) is 0 Å². The zero-order chi connectivity index (χ0) is 11.2. The molecule has 78 valence electrons. The minimum Gasteiger partial charge on any atom is -0.0622 e. The van der Waals surface area contributed by atoms with Crippen molar-refractivity contribution in [3.8, 4) is 11.2 Å². The molecule has 0 unspecified atom stereocenters. The molecule has 0 atom stereocenters. The summed E-state index contributed by atoms with van der Waals surface area (Å²) in [5, 5.41) is 3.13. The maximum atomic E-state index is 3.17. The van der Waals surface area contributed by atoms with E-state index in [1.165, 1.54) is 10.5 Å². The number of hydrogen-bond acceptors (Lipinski definition) is 1. The molecule has 0 spiro atoms. The van der Waals surface area contributed by atoms with Crippen LogP contribution in [0.4, 0.5) is 0 Å². The lowest BCUT2D eigenvalue weighted by Crippen LogP contribution is -1.78. The predicted molar refractivity (Wildman–Crippen MR) is 70.4 cm³/mol. The van der Waals surface area contributed by atoms with E-state index in [0.29, 0.717) is 0 Å². The number of rotatable bonds is 1. The summed E-state index contributed by atoms with van der Waals surface area (Å²) >= 11 is 1.56. The van der Waals surface area contributed by atoms with Crippen LogP contribution in [0.15, 0.2) is 59.5 Å². The smallest absolute Gasteiger partial charge is 0.0283 e. The number of thioether (sulfide) groups is 1. The second kappa shape index (κ2) is 5.44. The second-order valence-electron chi connectivity index (χ2n) is 3.46. The fraction of sp³-hybridized carbons (Fsp3) is 0.0667. The molecule has 1 heteroatoms. The molecule has 0 bridgehead atoms. The molecule has 2 aromatic carbocycles. The first kappa shape index (κ1) is 10.9. The van der Waals surface area contributed by atoms with Crippen molar-refractivity contribution in [2.45, 2.75) is 11.8 Å². The molecular formula is C15H12S. The molecule has 16 heavy (non-hydrogen) atoms. The van der Waals surface area contributed by atoms with E-state index < -0.39 is 0 Å². The van der Waals surface area contributed by atoms with Gasteiger partial charge in [-0.25, -0.2) is 0 Å². The predicted octanol–water partition coefficient (Wildman–Crippen LogP) is 4.10. The van der Waals surface area contributed by atoms with Crippen molar-refractivity contribution in [1.29, 1.82) is 0 Å². The molecular weight excluding hydrogens is 212 g/mol. The second-order valence-corrected chi connectivity index (χ2v) is 4.34. The van der Waals surface area contributed by atoms with Gasteiger partial charge in [0, 0.05) is 10.5 Å². The Hall–Kier alpha value is -1.65. The van der Waals surface area contributed by atoms with Crippen LogP contribution in [-0.2, 0) is 0 Å². The molecule has 0 aromatic heterocycles. The molecule has 0 aliphatic rings. The van der Waals surface area contributed by atoms with Crippen molar-refractivity contribution < 1.29 is 0 Å². The maximum Gasteiger partial charge on any atom is 0.0283 e. The highest BCUT2D eigenvalue weighted by Gasteiger charge is 1.91. The average molecular weight is 224 g/mol. The fourth-order valence-corrected chi connectivity index (χ4v) is 1.91. The largest absolute Gasteiger partial charge is 0.0622 e. The average Bonchev–Trinajstić information content (AvgIpc) is 2.33. The van der Waals surface area contributed by atoms with Gasteiger partial charge in [0.15, 0.2) is 0 Å². The number of benzene rings is 2. The molecule has 2 rings (SSSR count). The summed E-state index contributed by atoms with van der Waals surface area (Å²) < 4.78 is 0. The normalized spacial score (nSPS) is 9.31. The minimum atomic E-state index is 1.10. The topological polar surface area (TPSA) is 0 Å². The molecule has 0 heterocycles. The Labute approximate surface area is 101 Å². The fourth-order valence-electron chi connectivity index (χ4n) is 1.34. The van der Waals surface area contributed by atoms with E-state index in [4.69, 9.17) is 0 Å². The molecule has 0 aliphatic carbocycles. The SMILES string of the molecule is Cc1ccccc1C#CSc1ccccc1. The van der Waals surface area contributed by atoms with Crippen molar-refractivity contribution in [2.24, 2.45) is 0 Å². The van der Waals surface area contributed by atoms with Gasteiger partial charge in [0.1, 0.15) is 0 Å². The Morgan fingerprint density at radius 1 is 0.875 bits per heavy atom. The van der Waals surface area contributed by atoms with Gasteiger partial charge in [0.2, 0.25) is 0 Å². The van der Waals surface area contributed by atoms with E-state index in [0.717, 1.165) is 5.56 Å². The van der Waals surface area contributed by atoms with E-state index in [-0.39, 0.29) is 0 Å². The van der Waals surface area contributed by atoms with Gasteiger partial charge in [-0.15, -0.1) is 0 Å². The van der Waals surface area contributed by atoms with E-state index in [9.17, 15) is 0 Å². The van der Waals surface area contributed by atoms with Crippen molar-refractivity contribution in [2.75, 3.05) is 0 Å². The van der Waals surface area contributed by atoms with E-state index in [2.05, 4.69) is 36.3 Å². The summed E-state index contributed by atoms with van der Waals surface area (Å²) in [6, 6.07) is 18.4. The Kier molecular flexibility index (Phi) is 3.69. The highest BCUT2D eigenvalue weighted by molar-refractivity contribution is 8.03. The summed E-state index contributed by atoms with van der Waals surface area (Å²) in [7, 11) is 0. The molecule has 2 aromatic rings. The van der Waals surface area contributed by atoms with Crippen LogP contribution in [0.5, 0.6) is 0 Å². The van der Waals surface area contributed by atoms with Crippen LogP contribution in [-0.4, -0.2) is 0 Å². The van der Waals surface area contributed by atoms with Crippen LogP contribution >= 0.6 is 11.8 Å². The number of hydrogen-bond donors (Lipinski definition) is 0. The lowest BCUT2D eigenvalue weighted by molar-refractivity contribution is 1.44. The Balaban J connectivity index is 2.10. The summed E-state index contributed by atoms with van der Waals surface area (Å²) in [4.78, 5) is 1.18. The van der Waals surface area contributed by atoms with Gasteiger partial charge in [-0.1, -0.05) is 42.3 Å².